The van der Waals surface area contributed by atoms with Crippen molar-refractivity contribution in [2.45, 2.75) is 6.61 Å². The lowest BCUT2D eigenvalue weighted by Gasteiger charge is -2.13. The van der Waals surface area contributed by atoms with Gasteiger partial charge in [-0.15, -0.1) is 6.42 Å². The Morgan fingerprint density at radius 2 is 1.96 bits per heavy atom. The van der Waals surface area contributed by atoms with Crippen molar-refractivity contribution in [2.75, 3.05) is 13.7 Å². The van der Waals surface area contributed by atoms with Gasteiger partial charge in [-0.1, -0.05) is 36.3 Å². The minimum atomic E-state index is -0.279. The van der Waals surface area contributed by atoms with Crippen molar-refractivity contribution < 1.29 is 14.3 Å². The Morgan fingerprint density at radius 3 is 2.61 bits per heavy atom. The second-order valence-corrected chi connectivity index (χ2v) is 5.44. The van der Waals surface area contributed by atoms with Gasteiger partial charge in [-0.3, -0.25) is 4.79 Å². The molecule has 0 saturated heterocycles. The zero-order valence-corrected chi connectivity index (χ0v) is 14.2. The Balaban J connectivity index is 2.23. The van der Waals surface area contributed by atoms with Crippen LogP contribution in [-0.4, -0.2) is 19.6 Å². The highest BCUT2D eigenvalue weighted by molar-refractivity contribution is 9.10. The molecule has 0 aromatic heterocycles. The van der Waals surface area contributed by atoms with Crippen molar-refractivity contribution in [3.05, 3.63) is 58.1 Å². The van der Waals surface area contributed by atoms with Gasteiger partial charge in [0.15, 0.2) is 0 Å². The minimum Gasteiger partial charge on any atom is -0.495 e. The van der Waals surface area contributed by atoms with Gasteiger partial charge in [0.25, 0.3) is 5.91 Å². The Bertz CT molecular complexity index is 723. The topological polar surface area (TPSA) is 47.6 Å². The Hall–Kier alpha value is -2.45. The van der Waals surface area contributed by atoms with E-state index in [-0.39, 0.29) is 12.5 Å². The maximum atomic E-state index is 12.1. The first-order valence-electron chi connectivity index (χ1n) is 6.91. The Labute approximate surface area is 143 Å². The zero-order valence-electron chi connectivity index (χ0n) is 12.6. The average Bonchev–Trinajstić information content (AvgIpc) is 2.59. The summed E-state index contributed by atoms with van der Waals surface area (Å²) < 4.78 is 11.8. The molecule has 118 valence electrons. The molecule has 2 aromatic carbocycles. The highest BCUT2D eigenvalue weighted by Gasteiger charge is 2.15. The number of carbonyl (C=O) groups excluding carboxylic acids is 1. The lowest BCUT2D eigenvalue weighted by atomic mass is 10.2. The molecule has 1 N–H and O–H groups in total. The Kier molecular flexibility index (Phi) is 6.07. The number of methoxy groups -OCH3 is 1. The van der Waals surface area contributed by atoms with Crippen LogP contribution in [0.25, 0.3) is 0 Å². The summed E-state index contributed by atoms with van der Waals surface area (Å²) in [4.78, 5) is 12.1. The van der Waals surface area contributed by atoms with Crippen LogP contribution in [0.4, 0.5) is 0 Å². The van der Waals surface area contributed by atoms with Gasteiger partial charge in [0.1, 0.15) is 22.6 Å². The summed E-state index contributed by atoms with van der Waals surface area (Å²) in [5, 5.41) is 2.62. The summed E-state index contributed by atoms with van der Waals surface area (Å²) in [5.41, 5.74) is 1.45. The molecule has 0 saturated carbocycles. The van der Waals surface area contributed by atoms with Gasteiger partial charge < -0.3 is 14.8 Å². The van der Waals surface area contributed by atoms with Gasteiger partial charge in [0, 0.05) is 5.56 Å². The third-order valence-corrected chi connectivity index (χ3v) is 3.86. The van der Waals surface area contributed by atoms with E-state index in [2.05, 4.69) is 27.2 Å². The van der Waals surface area contributed by atoms with Crippen LogP contribution >= 0.6 is 15.9 Å². The monoisotopic (exact) mass is 373 g/mol. The van der Waals surface area contributed by atoms with Crippen LogP contribution in [0.2, 0.25) is 0 Å². The lowest BCUT2D eigenvalue weighted by molar-refractivity contribution is 0.0958. The van der Waals surface area contributed by atoms with Gasteiger partial charge in [-0.2, -0.15) is 0 Å². The summed E-state index contributed by atoms with van der Waals surface area (Å²) in [6, 6.07) is 13.0. The van der Waals surface area contributed by atoms with E-state index in [4.69, 9.17) is 15.9 Å². The molecule has 0 atom stereocenters. The molecule has 4 nitrogen and oxygen atoms in total. The molecule has 0 aliphatic rings. The predicted octanol–water partition coefficient (Wildman–Crippen LogP) is 3.40. The SMILES string of the molecule is C#CCNC(=O)c1cc(OC)c(Br)c(OCc2ccccc2)c1. The third kappa shape index (κ3) is 4.51. The van der Waals surface area contributed by atoms with Gasteiger partial charge in [-0.05, 0) is 33.6 Å². The zero-order chi connectivity index (χ0) is 16.7. The number of terminal acetylenes is 1. The van der Waals surface area contributed by atoms with E-state index < -0.39 is 0 Å². The molecule has 0 aliphatic carbocycles. The van der Waals surface area contributed by atoms with Crippen molar-refractivity contribution in [2.24, 2.45) is 0 Å². The van der Waals surface area contributed by atoms with Crippen LogP contribution in [0.5, 0.6) is 11.5 Å². The molecular formula is C18H16BrNO3. The molecule has 0 spiro atoms. The lowest BCUT2D eigenvalue weighted by Crippen LogP contribution is -2.23. The molecule has 0 fully saturated rings. The normalized spacial score (nSPS) is 9.78. The summed E-state index contributed by atoms with van der Waals surface area (Å²) >= 11 is 3.44. The van der Waals surface area contributed by atoms with Crippen molar-refractivity contribution in [1.82, 2.24) is 5.32 Å². The number of carbonyl (C=O) groups is 1. The van der Waals surface area contributed by atoms with E-state index in [9.17, 15) is 4.79 Å². The number of amides is 1. The fourth-order valence-electron chi connectivity index (χ4n) is 1.93. The van der Waals surface area contributed by atoms with Crippen molar-refractivity contribution in [1.29, 1.82) is 0 Å². The number of hydrogen-bond acceptors (Lipinski definition) is 3. The molecule has 2 rings (SSSR count). The summed E-state index contributed by atoms with van der Waals surface area (Å²) in [6.45, 7) is 0.551. The van der Waals surface area contributed by atoms with E-state index >= 15 is 0 Å². The second kappa shape index (κ2) is 8.25. The van der Waals surface area contributed by atoms with E-state index in [0.29, 0.717) is 28.1 Å². The first-order valence-corrected chi connectivity index (χ1v) is 7.71. The number of rotatable bonds is 6. The van der Waals surface area contributed by atoms with Crippen LogP contribution in [0.1, 0.15) is 15.9 Å². The number of benzene rings is 2. The fourth-order valence-corrected chi connectivity index (χ4v) is 2.43. The molecule has 0 unspecified atom stereocenters. The highest BCUT2D eigenvalue weighted by Crippen LogP contribution is 2.36. The molecule has 23 heavy (non-hydrogen) atoms. The van der Waals surface area contributed by atoms with E-state index in [1.807, 2.05) is 30.3 Å². The van der Waals surface area contributed by atoms with Crippen LogP contribution in [0.3, 0.4) is 0 Å². The number of nitrogens with one attached hydrogen (secondary N) is 1. The number of halogens is 1. The van der Waals surface area contributed by atoms with E-state index in [1.165, 1.54) is 7.11 Å². The molecule has 0 radical (unpaired) electrons. The largest absolute Gasteiger partial charge is 0.495 e. The van der Waals surface area contributed by atoms with Crippen molar-refractivity contribution in [3.63, 3.8) is 0 Å². The first kappa shape index (κ1) is 16.9. The molecular weight excluding hydrogens is 358 g/mol. The summed E-state index contributed by atoms with van der Waals surface area (Å²) in [6.07, 6.45) is 5.16. The van der Waals surface area contributed by atoms with Gasteiger partial charge in [-0.25, -0.2) is 0 Å². The maximum Gasteiger partial charge on any atom is 0.252 e. The fraction of sp³-hybridized carbons (Fsp3) is 0.167. The van der Waals surface area contributed by atoms with E-state index in [0.717, 1.165) is 5.56 Å². The standard InChI is InChI=1S/C18H16BrNO3/c1-3-9-20-18(21)14-10-15(22-2)17(19)16(11-14)23-12-13-7-5-4-6-8-13/h1,4-8,10-11H,9,12H2,2H3,(H,20,21). The van der Waals surface area contributed by atoms with Gasteiger partial charge in [0.2, 0.25) is 0 Å². The summed E-state index contributed by atoms with van der Waals surface area (Å²) in [5.74, 6) is 3.13. The molecule has 0 heterocycles. The average molecular weight is 374 g/mol. The number of hydrogen-bond donors (Lipinski definition) is 1. The van der Waals surface area contributed by atoms with Crippen molar-refractivity contribution in [3.8, 4) is 23.8 Å². The molecule has 0 bridgehead atoms. The molecule has 1 amide bonds. The third-order valence-electron chi connectivity index (χ3n) is 3.08. The molecule has 2 aromatic rings. The molecule has 0 aliphatic heterocycles. The predicted molar refractivity (Wildman–Crippen MR) is 92.6 cm³/mol. The molecule has 5 heteroatoms. The second-order valence-electron chi connectivity index (χ2n) is 4.65. The minimum absolute atomic E-state index is 0.164. The van der Waals surface area contributed by atoms with Gasteiger partial charge >= 0.3 is 0 Å². The number of ether oxygens (including phenoxy) is 2. The van der Waals surface area contributed by atoms with Crippen LogP contribution in [0, 0.1) is 12.3 Å². The van der Waals surface area contributed by atoms with E-state index in [1.54, 1.807) is 12.1 Å². The summed E-state index contributed by atoms with van der Waals surface area (Å²) in [7, 11) is 1.53. The van der Waals surface area contributed by atoms with Crippen LogP contribution in [-0.2, 0) is 6.61 Å². The smallest absolute Gasteiger partial charge is 0.252 e. The van der Waals surface area contributed by atoms with Crippen molar-refractivity contribution >= 4 is 21.8 Å². The van der Waals surface area contributed by atoms with Crippen LogP contribution < -0.4 is 14.8 Å². The quantitative estimate of drug-likeness (QED) is 0.789. The maximum absolute atomic E-state index is 12.1. The van der Waals surface area contributed by atoms with Crippen LogP contribution in [0.15, 0.2) is 46.9 Å². The Morgan fingerprint density at radius 1 is 1.26 bits per heavy atom. The van der Waals surface area contributed by atoms with Gasteiger partial charge in [0.05, 0.1) is 13.7 Å². The first-order chi connectivity index (χ1) is 11.2. The highest BCUT2D eigenvalue weighted by atomic mass is 79.9.